The number of benzene rings is 1. The molecule has 0 aromatic heterocycles. The lowest BCUT2D eigenvalue weighted by Gasteiger charge is -2.41. The SMILES string of the molecule is C[C@@H]1C(=O)N2CCC[C@@H]2CN1Cc1ccccc1OC(F)F. The molecule has 0 N–H and O–H groups in total. The highest BCUT2D eigenvalue weighted by molar-refractivity contribution is 5.83. The molecule has 0 bridgehead atoms. The number of carbonyl (C=O) groups is 1. The minimum Gasteiger partial charge on any atom is -0.434 e. The first-order chi connectivity index (χ1) is 10.6. The molecule has 0 aliphatic carbocycles. The minimum atomic E-state index is -2.84. The zero-order valence-corrected chi connectivity index (χ0v) is 12.5. The fourth-order valence-electron chi connectivity index (χ4n) is 3.41. The monoisotopic (exact) mass is 310 g/mol. The van der Waals surface area contributed by atoms with Gasteiger partial charge in [-0.2, -0.15) is 8.78 Å². The fourth-order valence-corrected chi connectivity index (χ4v) is 3.41. The number of carbonyl (C=O) groups excluding carboxylic acids is 1. The number of rotatable bonds is 4. The van der Waals surface area contributed by atoms with Crippen molar-refractivity contribution >= 4 is 5.91 Å². The summed E-state index contributed by atoms with van der Waals surface area (Å²) in [6.45, 7) is 1.11. The van der Waals surface area contributed by atoms with E-state index < -0.39 is 6.61 Å². The summed E-state index contributed by atoms with van der Waals surface area (Å²) in [6, 6.07) is 6.81. The van der Waals surface area contributed by atoms with Crippen LogP contribution in [0.1, 0.15) is 25.3 Å². The molecule has 2 aliphatic heterocycles. The second kappa shape index (κ2) is 6.20. The van der Waals surface area contributed by atoms with Gasteiger partial charge >= 0.3 is 6.61 Å². The van der Waals surface area contributed by atoms with Gasteiger partial charge in [-0.15, -0.1) is 0 Å². The molecule has 0 unspecified atom stereocenters. The second-order valence-electron chi connectivity index (χ2n) is 5.92. The lowest BCUT2D eigenvalue weighted by molar-refractivity contribution is -0.143. The lowest BCUT2D eigenvalue weighted by atomic mass is 10.1. The summed E-state index contributed by atoms with van der Waals surface area (Å²) in [7, 11) is 0. The van der Waals surface area contributed by atoms with E-state index in [-0.39, 0.29) is 23.7 Å². The molecule has 2 heterocycles. The Bertz CT molecular complexity index is 553. The van der Waals surface area contributed by atoms with Crippen molar-refractivity contribution < 1.29 is 18.3 Å². The van der Waals surface area contributed by atoms with Crippen molar-refractivity contribution in [3.05, 3.63) is 29.8 Å². The van der Waals surface area contributed by atoms with Gasteiger partial charge in [0.25, 0.3) is 0 Å². The summed E-state index contributed by atoms with van der Waals surface area (Å²) in [5.41, 5.74) is 0.689. The Morgan fingerprint density at radius 1 is 1.36 bits per heavy atom. The molecule has 22 heavy (non-hydrogen) atoms. The number of para-hydroxylation sites is 1. The molecule has 2 fully saturated rings. The molecule has 6 heteroatoms. The highest BCUT2D eigenvalue weighted by Crippen LogP contribution is 2.29. The molecule has 2 atom stereocenters. The third-order valence-corrected chi connectivity index (χ3v) is 4.57. The molecule has 4 nitrogen and oxygen atoms in total. The quantitative estimate of drug-likeness (QED) is 0.856. The smallest absolute Gasteiger partial charge is 0.387 e. The van der Waals surface area contributed by atoms with Crippen molar-refractivity contribution in [3.63, 3.8) is 0 Å². The lowest BCUT2D eigenvalue weighted by Crippen LogP contribution is -2.58. The average molecular weight is 310 g/mol. The van der Waals surface area contributed by atoms with E-state index in [4.69, 9.17) is 0 Å². The fraction of sp³-hybridized carbons (Fsp3) is 0.562. The Kier molecular flexibility index (Phi) is 4.29. The van der Waals surface area contributed by atoms with Crippen LogP contribution in [-0.2, 0) is 11.3 Å². The molecule has 0 radical (unpaired) electrons. The van der Waals surface area contributed by atoms with Gasteiger partial charge in [-0.05, 0) is 25.8 Å². The number of alkyl halides is 2. The first-order valence-electron chi connectivity index (χ1n) is 7.63. The van der Waals surface area contributed by atoms with Crippen molar-refractivity contribution in [2.75, 3.05) is 13.1 Å². The van der Waals surface area contributed by atoms with Crippen molar-refractivity contribution in [1.82, 2.24) is 9.80 Å². The summed E-state index contributed by atoms with van der Waals surface area (Å²) in [5, 5.41) is 0. The average Bonchev–Trinajstić information content (AvgIpc) is 2.94. The zero-order chi connectivity index (χ0) is 15.7. The maximum absolute atomic E-state index is 12.5. The molecule has 1 amide bonds. The molecule has 2 saturated heterocycles. The van der Waals surface area contributed by atoms with Crippen LogP contribution >= 0.6 is 0 Å². The maximum Gasteiger partial charge on any atom is 0.387 e. The first kappa shape index (κ1) is 15.2. The summed E-state index contributed by atoms with van der Waals surface area (Å²) in [6.07, 6.45) is 2.06. The molecular weight excluding hydrogens is 290 g/mol. The van der Waals surface area contributed by atoms with Gasteiger partial charge in [0.15, 0.2) is 0 Å². The molecule has 3 rings (SSSR count). The van der Waals surface area contributed by atoms with Gasteiger partial charge in [0, 0.05) is 31.2 Å². The Balaban J connectivity index is 1.76. The molecule has 1 aromatic carbocycles. The molecule has 120 valence electrons. The Hall–Kier alpha value is -1.69. The van der Waals surface area contributed by atoms with Gasteiger partial charge in [-0.1, -0.05) is 18.2 Å². The predicted molar refractivity (Wildman–Crippen MR) is 77.7 cm³/mol. The van der Waals surface area contributed by atoms with Gasteiger partial charge in [-0.3, -0.25) is 9.69 Å². The van der Waals surface area contributed by atoms with Gasteiger partial charge < -0.3 is 9.64 Å². The molecule has 0 spiro atoms. The number of piperazine rings is 1. The number of fused-ring (bicyclic) bond motifs is 1. The summed E-state index contributed by atoms with van der Waals surface area (Å²) >= 11 is 0. The van der Waals surface area contributed by atoms with E-state index in [1.807, 2.05) is 11.8 Å². The van der Waals surface area contributed by atoms with Crippen LogP contribution in [0.15, 0.2) is 24.3 Å². The van der Waals surface area contributed by atoms with Gasteiger partial charge in [0.1, 0.15) is 5.75 Å². The van der Waals surface area contributed by atoms with Crippen LogP contribution in [-0.4, -0.2) is 47.5 Å². The molecule has 0 saturated carbocycles. The number of halogens is 2. The van der Waals surface area contributed by atoms with Crippen LogP contribution < -0.4 is 4.74 Å². The molecule has 1 aromatic rings. The van der Waals surface area contributed by atoms with E-state index in [2.05, 4.69) is 9.64 Å². The Labute approximate surface area is 128 Å². The molecular formula is C16H20F2N2O2. The van der Waals surface area contributed by atoms with Crippen molar-refractivity contribution in [2.24, 2.45) is 0 Å². The van der Waals surface area contributed by atoms with Crippen LogP contribution in [0.4, 0.5) is 8.78 Å². The minimum absolute atomic E-state index is 0.140. The third kappa shape index (κ3) is 2.92. The maximum atomic E-state index is 12.5. The standard InChI is InChI=1S/C16H20F2N2O2/c1-11-15(21)20-8-4-6-13(20)10-19(11)9-12-5-2-3-7-14(12)22-16(17)18/h2-3,5,7,11,13,16H,4,6,8-10H2,1H3/t11-,13-/m1/s1. The van der Waals surface area contributed by atoms with E-state index in [1.54, 1.807) is 24.3 Å². The molecule has 2 aliphatic rings. The summed E-state index contributed by atoms with van der Waals surface area (Å²) < 4.78 is 29.6. The van der Waals surface area contributed by atoms with Gasteiger partial charge in [0.2, 0.25) is 5.91 Å². The number of hydrogen-bond acceptors (Lipinski definition) is 3. The predicted octanol–water partition coefficient (Wildman–Crippen LogP) is 2.48. The van der Waals surface area contributed by atoms with Crippen molar-refractivity contribution in [2.45, 2.75) is 45.0 Å². The topological polar surface area (TPSA) is 32.8 Å². The highest BCUT2D eigenvalue weighted by atomic mass is 19.3. The number of amides is 1. The largest absolute Gasteiger partial charge is 0.434 e. The van der Waals surface area contributed by atoms with Crippen molar-refractivity contribution in [1.29, 1.82) is 0 Å². The van der Waals surface area contributed by atoms with Crippen LogP contribution in [0, 0.1) is 0 Å². The Morgan fingerprint density at radius 2 is 2.14 bits per heavy atom. The normalized spacial score (nSPS) is 25.6. The van der Waals surface area contributed by atoms with Crippen LogP contribution in [0.25, 0.3) is 0 Å². The first-order valence-corrected chi connectivity index (χ1v) is 7.63. The summed E-state index contributed by atoms with van der Waals surface area (Å²) in [4.78, 5) is 16.4. The summed E-state index contributed by atoms with van der Waals surface area (Å²) in [5.74, 6) is 0.326. The third-order valence-electron chi connectivity index (χ3n) is 4.57. The van der Waals surface area contributed by atoms with Crippen molar-refractivity contribution in [3.8, 4) is 5.75 Å². The van der Waals surface area contributed by atoms with Gasteiger partial charge in [0.05, 0.1) is 6.04 Å². The van der Waals surface area contributed by atoms with E-state index >= 15 is 0 Å². The van der Waals surface area contributed by atoms with Gasteiger partial charge in [-0.25, -0.2) is 0 Å². The van der Waals surface area contributed by atoms with E-state index in [1.165, 1.54) is 0 Å². The number of ether oxygens (including phenoxy) is 1. The zero-order valence-electron chi connectivity index (χ0n) is 12.5. The number of hydrogen-bond donors (Lipinski definition) is 0. The van der Waals surface area contributed by atoms with E-state index in [0.717, 1.165) is 25.9 Å². The second-order valence-corrected chi connectivity index (χ2v) is 5.92. The Morgan fingerprint density at radius 3 is 2.91 bits per heavy atom. The van der Waals surface area contributed by atoms with Crippen LogP contribution in [0.5, 0.6) is 5.75 Å². The van der Waals surface area contributed by atoms with Crippen LogP contribution in [0.3, 0.4) is 0 Å². The number of nitrogens with zero attached hydrogens (tertiary/aromatic N) is 2. The van der Waals surface area contributed by atoms with E-state index in [0.29, 0.717) is 12.1 Å². The van der Waals surface area contributed by atoms with Crippen LogP contribution in [0.2, 0.25) is 0 Å². The van der Waals surface area contributed by atoms with E-state index in [9.17, 15) is 13.6 Å². The highest BCUT2D eigenvalue weighted by Gasteiger charge is 2.40.